The zero-order valence-corrected chi connectivity index (χ0v) is 13.2. The van der Waals surface area contributed by atoms with Crippen molar-refractivity contribution in [2.24, 2.45) is 13.0 Å². The molecule has 1 saturated heterocycles. The van der Waals surface area contributed by atoms with Gasteiger partial charge in [-0.25, -0.2) is 4.79 Å². The second-order valence-electron chi connectivity index (χ2n) is 6.33. The first-order valence-corrected chi connectivity index (χ1v) is 7.76. The zero-order valence-electron chi connectivity index (χ0n) is 13.2. The van der Waals surface area contributed by atoms with Crippen LogP contribution in [0.1, 0.15) is 50.5 Å². The maximum atomic E-state index is 12.7. The van der Waals surface area contributed by atoms with Gasteiger partial charge >= 0.3 is 5.69 Å². The van der Waals surface area contributed by atoms with Gasteiger partial charge in [-0.3, -0.25) is 24.0 Å². The van der Waals surface area contributed by atoms with E-state index in [-0.39, 0.29) is 23.9 Å². The van der Waals surface area contributed by atoms with E-state index >= 15 is 0 Å². The van der Waals surface area contributed by atoms with Gasteiger partial charge in [-0.2, -0.15) is 0 Å². The van der Waals surface area contributed by atoms with Crippen molar-refractivity contribution in [3.63, 3.8) is 0 Å². The van der Waals surface area contributed by atoms with Crippen LogP contribution in [0.5, 0.6) is 0 Å². The standard InChI is InChI=1S/C16H21N3O3/c1-9(2)10-5-4-6-11-14(10)18(3)16(22)19(11)12-7-8-13(20)17-15(12)21/h5,9,12H,4,6-8H2,1-3H3,(H,17,20,21)/t12-/m1/s1. The van der Waals surface area contributed by atoms with Crippen molar-refractivity contribution in [1.82, 2.24) is 14.5 Å². The minimum Gasteiger partial charge on any atom is -0.295 e. The van der Waals surface area contributed by atoms with Gasteiger partial charge in [0, 0.05) is 19.2 Å². The first-order chi connectivity index (χ1) is 10.4. The number of fused-ring (bicyclic) bond motifs is 1. The quantitative estimate of drug-likeness (QED) is 0.833. The summed E-state index contributed by atoms with van der Waals surface area (Å²) in [5, 5.41) is 2.34. The van der Waals surface area contributed by atoms with E-state index in [0.29, 0.717) is 12.3 Å². The molecule has 0 aromatic carbocycles. The van der Waals surface area contributed by atoms with Crippen LogP contribution in [0.2, 0.25) is 0 Å². The summed E-state index contributed by atoms with van der Waals surface area (Å²) < 4.78 is 3.25. The van der Waals surface area contributed by atoms with Gasteiger partial charge in [-0.15, -0.1) is 0 Å². The van der Waals surface area contributed by atoms with E-state index in [1.54, 1.807) is 16.2 Å². The number of amides is 2. The molecule has 0 radical (unpaired) electrons. The number of allylic oxidation sites excluding steroid dienone is 2. The Morgan fingerprint density at radius 2 is 1.95 bits per heavy atom. The van der Waals surface area contributed by atoms with E-state index in [2.05, 4.69) is 25.2 Å². The molecule has 1 aliphatic heterocycles. The van der Waals surface area contributed by atoms with E-state index < -0.39 is 6.04 Å². The molecule has 2 heterocycles. The zero-order chi connectivity index (χ0) is 16.0. The number of piperidine rings is 1. The first-order valence-electron chi connectivity index (χ1n) is 7.76. The van der Waals surface area contributed by atoms with E-state index in [4.69, 9.17) is 0 Å². The molecular weight excluding hydrogens is 282 g/mol. The number of hydrogen-bond acceptors (Lipinski definition) is 3. The van der Waals surface area contributed by atoms with Gasteiger partial charge in [-0.1, -0.05) is 19.9 Å². The second kappa shape index (κ2) is 5.26. The third-order valence-electron chi connectivity index (χ3n) is 4.56. The van der Waals surface area contributed by atoms with Gasteiger partial charge in [-0.05, 0) is 30.8 Å². The molecular formula is C16H21N3O3. The fraction of sp³-hybridized carbons (Fsp3) is 0.562. The van der Waals surface area contributed by atoms with Gasteiger partial charge in [0.1, 0.15) is 6.04 Å². The lowest BCUT2D eigenvalue weighted by molar-refractivity contribution is -0.135. The van der Waals surface area contributed by atoms with E-state index in [1.807, 2.05) is 0 Å². The Hall–Kier alpha value is -2.11. The number of nitrogens with one attached hydrogen (secondary N) is 1. The van der Waals surface area contributed by atoms with Crippen LogP contribution in [0.4, 0.5) is 0 Å². The molecule has 1 aromatic heterocycles. The van der Waals surface area contributed by atoms with Gasteiger partial charge in [0.25, 0.3) is 0 Å². The highest BCUT2D eigenvalue weighted by atomic mass is 16.2. The molecule has 6 nitrogen and oxygen atoms in total. The van der Waals surface area contributed by atoms with Gasteiger partial charge in [0.15, 0.2) is 0 Å². The number of aromatic nitrogens is 2. The van der Waals surface area contributed by atoms with E-state index in [0.717, 1.165) is 29.8 Å². The van der Waals surface area contributed by atoms with Gasteiger partial charge in [0.05, 0.1) is 5.69 Å². The predicted octanol–water partition coefficient (Wildman–Crippen LogP) is 1.15. The van der Waals surface area contributed by atoms with Crippen LogP contribution in [0.15, 0.2) is 10.9 Å². The monoisotopic (exact) mass is 303 g/mol. The number of imide groups is 1. The van der Waals surface area contributed by atoms with Crippen LogP contribution in [-0.4, -0.2) is 20.9 Å². The van der Waals surface area contributed by atoms with Crippen LogP contribution in [-0.2, 0) is 23.1 Å². The Kier molecular flexibility index (Phi) is 3.54. The van der Waals surface area contributed by atoms with Crippen LogP contribution in [0.3, 0.4) is 0 Å². The average Bonchev–Trinajstić information content (AvgIpc) is 2.72. The fourth-order valence-corrected chi connectivity index (χ4v) is 3.50. The minimum atomic E-state index is -0.577. The van der Waals surface area contributed by atoms with Crippen LogP contribution in [0.25, 0.3) is 5.57 Å². The summed E-state index contributed by atoms with van der Waals surface area (Å²) in [6.07, 6.45) is 4.47. The van der Waals surface area contributed by atoms with Crippen LogP contribution < -0.4 is 11.0 Å². The molecule has 118 valence electrons. The van der Waals surface area contributed by atoms with E-state index in [9.17, 15) is 14.4 Å². The largest absolute Gasteiger partial charge is 0.329 e. The third kappa shape index (κ3) is 2.14. The SMILES string of the molecule is CC(C)C1=CCCc2c1n(C)c(=O)n2[C@@H]1CCC(=O)NC1=O. The second-order valence-corrected chi connectivity index (χ2v) is 6.33. The number of imidazole rings is 1. The lowest BCUT2D eigenvalue weighted by atomic mass is 9.91. The highest BCUT2D eigenvalue weighted by molar-refractivity contribution is 5.99. The summed E-state index contributed by atoms with van der Waals surface area (Å²) in [5.41, 5.74) is 2.85. The van der Waals surface area contributed by atoms with Crippen molar-refractivity contribution in [2.75, 3.05) is 0 Å². The van der Waals surface area contributed by atoms with Crippen molar-refractivity contribution in [3.05, 3.63) is 27.9 Å². The Morgan fingerprint density at radius 1 is 1.23 bits per heavy atom. The highest BCUT2D eigenvalue weighted by Gasteiger charge is 2.34. The number of rotatable bonds is 2. The lowest BCUT2D eigenvalue weighted by Crippen LogP contribution is -2.44. The highest BCUT2D eigenvalue weighted by Crippen LogP contribution is 2.33. The summed E-state index contributed by atoms with van der Waals surface area (Å²) in [6, 6.07) is -0.577. The van der Waals surface area contributed by atoms with Crippen molar-refractivity contribution in [1.29, 1.82) is 0 Å². The van der Waals surface area contributed by atoms with Gasteiger partial charge < -0.3 is 0 Å². The molecule has 1 atom stereocenters. The molecule has 6 heteroatoms. The molecule has 1 aliphatic carbocycles. The summed E-state index contributed by atoms with van der Waals surface area (Å²) in [6.45, 7) is 4.21. The smallest absolute Gasteiger partial charge is 0.295 e. The van der Waals surface area contributed by atoms with Crippen molar-refractivity contribution in [2.45, 2.75) is 45.6 Å². The van der Waals surface area contributed by atoms with Crippen molar-refractivity contribution in [3.8, 4) is 0 Å². The molecule has 0 unspecified atom stereocenters. The number of nitrogens with zero attached hydrogens (tertiary/aromatic N) is 2. The van der Waals surface area contributed by atoms with Crippen LogP contribution >= 0.6 is 0 Å². The van der Waals surface area contributed by atoms with Crippen LogP contribution in [0, 0.1) is 5.92 Å². The Labute approximate surface area is 128 Å². The maximum Gasteiger partial charge on any atom is 0.329 e. The van der Waals surface area contributed by atoms with E-state index in [1.165, 1.54) is 0 Å². The topological polar surface area (TPSA) is 73.1 Å². The molecule has 22 heavy (non-hydrogen) atoms. The Bertz CT molecular complexity index is 737. The molecule has 0 saturated carbocycles. The Balaban J connectivity index is 2.14. The first kappa shape index (κ1) is 14.8. The normalized spacial score (nSPS) is 21.6. The van der Waals surface area contributed by atoms with Crippen molar-refractivity contribution >= 4 is 17.4 Å². The Morgan fingerprint density at radius 3 is 2.59 bits per heavy atom. The molecule has 2 amide bonds. The summed E-state index contributed by atoms with van der Waals surface area (Å²) in [4.78, 5) is 36.2. The van der Waals surface area contributed by atoms with Gasteiger partial charge in [0.2, 0.25) is 11.8 Å². The summed E-state index contributed by atoms with van der Waals surface area (Å²) in [5.74, 6) is -0.309. The maximum absolute atomic E-state index is 12.7. The minimum absolute atomic E-state index is 0.173. The number of carbonyl (C=O) groups excluding carboxylic acids is 2. The number of carbonyl (C=O) groups is 2. The molecule has 0 spiro atoms. The molecule has 0 bridgehead atoms. The molecule has 1 fully saturated rings. The third-order valence-corrected chi connectivity index (χ3v) is 4.56. The summed E-state index contributed by atoms with van der Waals surface area (Å²) >= 11 is 0. The lowest BCUT2D eigenvalue weighted by Gasteiger charge is -2.25. The molecule has 1 aromatic rings. The predicted molar refractivity (Wildman–Crippen MR) is 82.2 cm³/mol. The molecule has 2 aliphatic rings. The van der Waals surface area contributed by atoms with Crippen molar-refractivity contribution < 1.29 is 9.59 Å². The average molecular weight is 303 g/mol. The molecule has 1 N–H and O–H groups in total. The molecule has 3 rings (SSSR count). The summed E-state index contributed by atoms with van der Waals surface area (Å²) in [7, 11) is 1.76. The number of hydrogen-bond donors (Lipinski definition) is 1. The fourth-order valence-electron chi connectivity index (χ4n) is 3.50.